The van der Waals surface area contributed by atoms with Gasteiger partial charge in [-0.3, -0.25) is 9.69 Å². The van der Waals surface area contributed by atoms with Crippen LogP contribution in [0.2, 0.25) is 0 Å². The molecule has 17 heavy (non-hydrogen) atoms. The molecule has 1 amide bonds. The van der Waals surface area contributed by atoms with Gasteiger partial charge in [-0.05, 0) is 39.7 Å². The van der Waals surface area contributed by atoms with Gasteiger partial charge in [-0.1, -0.05) is 6.42 Å². The van der Waals surface area contributed by atoms with Crippen LogP contribution in [0.1, 0.15) is 39.5 Å². The van der Waals surface area contributed by atoms with Gasteiger partial charge in [-0.25, -0.2) is 0 Å². The summed E-state index contributed by atoms with van der Waals surface area (Å²) in [6.45, 7) is 7.26. The lowest BCUT2D eigenvalue weighted by molar-refractivity contribution is -0.121. The van der Waals surface area contributed by atoms with Crippen molar-refractivity contribution in [2.75, 3.05) is 26.2 Å². The van der Waals surface area contributed by atoms with E-state index in [1.807, 2.05) is 13.8 Å². The molecule has 4 heteroatoms. The number of nitrogens with zero attached hydrogens (tertiary/aromatic N) is 2. The Labute approximate surface area is 104 Å². The molecule has 0 saturated carbocycles. The fourth-order valence-electron chi connectivity index (χ4n) is 2.02. The van der Waals surface area contributed by atoms with Gasteiger partial charge in [0.05, 0.1) is 18.0 Å². The predicted molar refractivity (Wildman–Crippen MR) is 67.3 cm³/mol. The zero-order valence-corrected chi connectivity index (χ0v) is 11.0. The molecule has 0 bridgehead atoms. The van der Waals surface area contributed by atoms with Gasteiger partial charge in [0.1, 0.15) is 0 Å². The monoisotopic (exact) mass is 237 g/mol. The summed E-state index contributed by atoms with van der Waals surface area (Å²) in [5.41, 5.74) is -0.212. The van der Waals surface area contributed by atoms with Crippen LogP contribution in [-0.2, 0) is 4.79 Å². The number of hydrogen-bond acceptors (Lipinski definition) is 3. The molecule has 0 aromatic rings. The fraction of sp³-hybridized carbons (Fsp3) is 0.846. The summed E-state index contributed by atoms with van der Waals surface area (Å²) >= 11 is 0. The summed E-state index contributed by atoms with van der Waals surface area (Å²) in [6.07, 6.45) is 4.09. The van der Waals surface area contributed by atoms with Crippen molar-refractivity contribution in [1.82, 2.24) is 10.2 Å². The van der Waals surface area contributed by atoms with E-state index < -0.39 is 0 Å². The maximum atomic E-state index is 11.3. The van der Waals surface area contributed by atoms with Crippen LogP contribution in [0, 0.1) is 16.7 Å². The third-order valence-electron chi connectivity index (χ3n) is 3.17. The predicted octanol–water partition coefficient (Wildman–Crippen LogP) is 1.53. The first-order chi connectivity index (χ1) is 8.03. The second-order valence-electron chi connectivity index (χ2n) is 5.43. The highest BCUT2D eigenvalue weighted by atomic mass is 16.2. The van der Waals surface area contributed by atoms with Crippen LogP contribution in [0.4, 0.5) is 0 Å². The van der Waals surface area contributed by atoms with E-state index in [0.29, 0.717) is 6.54 Å². The maximum absolute atomic E-state index is 11.3. The van der Waals surface area contributed by atoms with Crippen LogP contribution in [0.5, 0.6) is 0 Å². The molecule has 1 fully saturated rings. The van der Waals surface area contributed by atoms with Crippen molar-refractivity contribution >= 4 is 5.91 Å². The van der Waals surface area contributed by atoms with Gasteiger partial charge < -0.3 is 5.32 Å². The van der Waals surface area contributed by atoms with E-state index in [0.717, 1.165) is 45.3 Å². The Kier molecular flexibility index (Phi) is 5.43. The van der Waals surface area contributed by atoms with Crippen LogP contribution in [0.25, 0.3) is 0 Å². The molecule has 1 N–H and O–H groups in total. The lowest BCUT2D eigenvalue weighted by atomic mass is 9.89. The molecular formula is C13H23N3O. The van der Waals surface area contributed by atoms with E-state index in [4.69, 9.17) is 5.26 Å². The topological polar surface area (TPSA) is 56.1 Å². The molecule has 0 atom stereocenters. The zero-order valence-electron chi connectivity index (χ0n) is 11.0. The third-order valence-corrected chi connectivity index (χ3v) is 3.17. The summed E-state index contributed by atoms with van der Waals surface area (Å²) < 4.78 is 0. The van der Waals surface area contributed by atoms with Crippen LogP contribution >= 0.6 is 0 Å². The smallest absolute Gasteiger partial charge is 0.234 e. The average molecular weight is 237 g/mol. The molecule has 1 aliphatic heterocycles. The van der Waals surface area contributed by atoms with E-state index >= 15 is 0 Å². The minimum atomic E-state index is -0.212. The highest BCUT2D eigenvalue weighted by Crippen LogP contribution is 2.21. The number of nitrogens with one attached hydrogen (secondary N) is 1. The second-order valence-corrected chi connectivity index (χ2v) is 5.43. The normalized spacial score (nSPS) is 18.3. The molecule has 1 saturated heterocycles. The van der Waals surface area contributed by atoms with Crippen LogP contribution in [-0.4, -0.2) is 37.0 Å². The van der Waals surface area contributed by atoms with Gasteiger partial charge in [0.15, 0.2) is 0 Å². The Hall–Kier alpha value is -1.08. The Balaban J connectivity index is 2.18. The molecule has 4 nitrogen and oxygen atoms in total. The molecular weight excluding hydrogens is 214 g/mol. The van der Waals surface area contributed by atoms with Crippen molar-refractivity contribution < 1.29 is 4.79 Å². The molecule has 0 unspecified atom stereocenters. The van der Waals surface area contributed by atoms with Gasteiger partial charge in [0.25, 0.3) is 0 Å². The van der Waals surface area contributed by atoms with Gasteiger partial charge in [-0.2, -0.15) is 5.26 Å². The fourth-order valence-corrected chi connectivity index (χ4v) is 2.02. The number of carbonyl (C=O) groups is 1. The largest absolute Gasteiger partial charge is 0.355 e. The molecule has 96 valence electrons. The molecule has 1 aliphatic rings. The van der Waals surface area contributed by atoms with Crippen LogP contribution < -0.4 is 5.32 Å². The van der Waals surface area contributed by atoms with Crippen LogP contribution in [0.3, 0.4) is 0 Å². The average Bonchev–Trinajstić information content (AvgIpc) is 2.49. The van der Waals surface area contributed by atoms with E-state index in [9.17, 15) is 4.79 Å². The first-order valence-corrected chi connectivity index (χ1v) is 6.44. The quantitative estimate of drug-likeness (QED) is 0.738. The zero-order chi connectivity index (χ0) is 12.7. The van der Waals surface area contributed by atoms with Crippen molar-refractivity contribution in [3.8, 4) is 6.07 Å². The van der Waals surface area contributed by atoms with Crippen molar-refractivity contribution in [1.29, 1.82) is 5.26 Å². The van der Waals surface area contributed by atoms with Crippen molar-refractivity contribution in [2.45, 2.75) is 39.5 Å². The number of nitriles is 1. The Morgan fingerprint density at radius 3 is 2.94 bits per heavy atom. The molecule has 1 heterocycles. The number of rotatable bonds is 5. The highest BCUT2D eigenvalue weighted by Gasteiger charge is 2.17. The second kappa shape index (κ2) is 6.61. The molecule has 1 rings (SSSR count). The standard InChI is InChI=1S/C13H23N3O/c1-13(2,11-14)6-3-4-8-16-9-5-7-15-12(17)10-16/h3-10H2,1-2H3,(H,15,17). The summed E-state index contributed by atoms with van der Waals surface area (Å²) in [5, 5.41) is 11.8. The lowest BCUT2D eigenvalue weighted by Gasteiger charge is -2.19. The molecule has 0 aromatic carbocycles. The molecule has 0 spiro atoms. The highest BCUT2D eigenvalue weighted by molar-refractivity contribution is 5.78. The Bertz CT molecular complexity index is 294. The number of amides is 1. The van der Waals surface area contributed by atoms with Gasteiger partial charge in [0, 0.05) is 13.1 Å². The molecule has 0 aliphatic carbocycles. The van der Waals surface area contributed by atoms with E-state index in [-0.39, 0.29) is 11.3 Å². The van der Waals surface area contributed by atoms with Crippen molar-refractivity contribution in [2.24, 2.45) is 5.41 Å². The van der Waals surface area contributed by atoms with Gasteiger partial charge in [0.2, 0.25) is 5.91 Å². The van der Waals surface area contributed by atoms with E-state index in [1.165, 1.54) is 0 Å². The minimum absolute atomic E-state index is 0.139. The first-order valence-electron chi connectivity index (χ1n) is 6.44. The number of unbranched alkanes of at least 4 members (excludes halogenated alkanes) is 1. The van der Waals surface area contributed by atoms with Gasteiger partial charge in [-0.15, -0.1) is 0 Å². The van der Waals surface area contributed by atoms with Gasteiger partial charge >= 0.3 is 0 Å². The number of carbonyl (C=O) groups excluding carboxylic acids is 1. The minimum Gasteiger partial charge on any atom is -0.355 e. The van der Waals surface area contributed by atoms with E-state index in [1.54, 1.807) is 0 Å². The summed E-state index contributed by atoms with van der Waals surface area (Å²) in [5.74, 6) is 0.139. The Morgan fingerprint density at radius 2 is 2.24 bits per heavy atom. The Morgan fingerprint density at radius 1 is 1.47 bits per heavy atom. The molecule has 0 aromatic heterocycles. The SMILES string of the molecule is CC(C)(C#N)CCCCN1CCCNC(=O)C1. The summed E-state index contributed by atoms with van der Waals surface area (Å²) in [6, 6.07) is 2.32. The van der Waals surface area contributed by atoms with Crippen molar-refractivity contribution in [3.63, 3.8) is 0 Å². The first kappa shape index (κ1) is 14.0. The van der Waals surface area contributed by atoms with Crippen molar-refractivity contribution in [3.05, 3.63) is 0 Å². The van der Waals surface area contributed by atoms with E-state index in [2.05, 4.69) is 16.3 Å². The number of hydrogen-bond donors (Lipinski definition) is 1. The summed E-state index contributed by atoms with van der Waals surface area (Å²) in [4.78, 5) is 13.5. The molecule has 0 radical (unpaired) electrons. The van der Waals surface area contributed by atoms with Crippen LogP contribution in [0.15, 0.2) is 0 Å². The lowest BCUT2D eigenvalue weighted by Crippen LogP contribution is -2.33. The summed E-state index contributed by atoms with van der Waals surface area (Å²) in [7, 11) is 0. The maximum Gasteiger partial charge on any atom is 0.234 e. The third kappa shape index (κ3) is 5.69.